The molecule has 0 amide bonds. The summed E-state index contributed by atoms with van der Waals surface area (Å²) in [5.74, 6) is 0. The Balaban J connectivity index is 1.46. The Morgan fingerprint density at radius 3 is 2.96 bits per heavy atom. The number of aromatic amines is 1. The van der Waals surface area contributed by atoms with Crippen molar-refractivity contribution in [3.63, 3.8) is 0 Å². The molecule has 25 heavy (non-hydrogen) atoms. The summed E-state index contributed by atoms with van der Waals surface area (Å²) in [4.78, 5) is 5.77. The van der Waals surface area contributed by atoms with E-state index in [0.29, 0.717) is 19.6 Å². The van der Waals surface area contributed by atoms with Crippen molar-refractivity contribution in [1.29, 1.82) is 0 Å². The molecule has 2 aliphatic rings. The highest BCUT2D eigenvalue weighted by Crippen LogP contribution is 2.30. The van der Waals surface area contributed by atoms with Gasteiger partial charge >= 0.3 is 0 Å². The van der Waals surface area contributed by atoms with Gasteiger partial charge in [0, 0.05) is 49.8 Å². The average Bonchev–Trinajstić information content (AvgIpc) is 3.21. The smallest absolute Gasteiger partial charge is 0.114 e. The standard InChI is InChI=1S/C19H31FN4O/c1-25-10-7-16-11-17-18(23-16)14(12-22-19(17)21)5-3-2-4-8-24-9-6-15(20)13-24/h11-12,15,19,22-23H,2-10,13,21H2,1H3. The summed E-state index contributed by atoms with van der Waals surface area (Å²) in [6, 6.07) is 2.15. The van der Waals surface area contributed by atoms with E-state index in [9.17, 15) is 4.39 Å². The summed E-state index contributed by atoms with van der Waals surface area (Å²) in [5.41, 5.74) is 11.0. The van der Waals surface area contributed by atoms with E-state index in [1.165, 1.54) is 23.4 Å². The summed E-state index contributed by atoms with van der Waals surface area (Å²) >= 11 is 0. The molecule has 140 valence electrons. The number of allylic oxidation sites excluding steroid dienone is 1. The van der Waals surface area contributed by atoms with Crippen molar-refractivity contribution in [3.8, 4) is 0 Å². The van der Waals surface area contributed by atoms with Gasteiger partial charge in [-0.2, -0.15) is 0 Å². The Morgan fingerprint density at radius 2 is 2.20 bits per heavy atom. The number of likely N-dealkylation sites (tertiary alicyclic amines) is 1. The van der Waals surface area contributed by atoms with E-state index in [2.05, 4.69) is 27.5 Å². The zero-order valence-electron chi connectivity index (χ0n) is 15.2. The Kier molecular flexibility index (Phi) is 6.51. The third kappa shape index (κ3) is 4.84. The number of alkyl halides is 1. The van der Waals surface area contributed by atoms with Gasteiger partial charge in [-0.3, -0.25) is 0 Å². The lowest BCUT2D eigenvalue weighted by atomic mass is 9.99. The van der Waals surface area contributed by atoms with E-state index in [1.807, 2.05) is 0 Å². The third-order valence-corrected chi connectivity index (χ3v) is 5.21. The second kappa shape index (κ2) is 8.83. The highest BCUT2D eigenvalue weighted by Gasteiger charge is 2.22. The second-order valence-corrected chi connectivity index (χ2v) is 7.18. The van der Waals surface area contributed by atoms with Crippen LogP contribution in [0.1, 0.15) is 55.2 Å². The third-order valence-electron chi connectivity index (χ3n) is 5.21. The SMILES string of the molecule is COCCc1cc2c([nH]1)C(CCCCCN1CCC(F)C1)=CNC2N. The van der Waals surface area contributed by atoms with Crippen LogP contribution in [0.25, 0.3) is 5.57 Å². The monoisotopic (exact) mass is 350 g/mol. The van der Waals surface area contributed by atoms with Crippen LogP contribution in [0.2, 0.25) is 0 Å². The number of hydrogen-bond donors (Lipinski definition) is 3. The van der Waals surface area contributed by atoms with E-state index in [1.54, 1.807) is 7.11 Å². The van der Waals surface area contributed by atoms with Crippen molar-refractivity contribution in [2.45, 2.75) is 50.9 Å². The number of nitrogens with zero attached hydrogens (tertiary/aromatic N) is 1. The first-order valence-corrected chi connectivity index (χ1v) is 9.45. The lowest BCUT2D eigenvalue weighted by molar-refractivity contribution is 0.201. The second-order valence-electron chi connectivity index (χ2n) is 7.18. The van der Waals surface area contributed by atoms with Crippen LogP contribution in [0.3, 0.4) is 0 Å². The number of aromatic nitrogens is 1. The molecule has 0 saturated carbocycles. The topological polar surface area (TPSA) is 66.3 Å². The molecule has 1 aromatic heterocycles. The molecular weight excluding hydrogens is 319 g/mol. The fourth-order valence-electron chi connectivity index (χ4n) is 3.75. The number of H-pyrrole nitrogens is 1. The van der Waals surface area contributed by atoms with E-state index in [0.717, 1.165) is 44.3 Å². The zero-order valence-corrected chi connectivity index (χ0v) is 15.2. The molecule has 0 spiro atoms. The molecule has 1 saturated heterocycles. The summed E-state index contributed by atoms with van der Waals surface area (Å²) < 4.78 is 18.3. The van der Waals surface area contributed by atoms with Gasteiger partial charge < -0.3 is 25.7 Å². The van der Waals surface area contributed by atoms with Gasteiger partial charge in [0.25, 0.3) is 0 Å². The van der Waals surface area contributed by atoms with Gasteiger partial charge in [0.1, 0.15) is 12.3 Å². The van der Waals surface area contributed by atoms with Gasteiger partial charge in [0.05, 0.1) is 6.61 Å². The Labute approximate surface area is 149 Å². The van der Waals surface area contributed by atoms with Crippen LogP contribution < -0.4 is 11.1 Å². The molecule has 5 nitrogen and oxygen atoms in total. The van der Waals surface area contributed by atoms with Crippen LogP contribution in [-0.2, 0) is 11.2 Å². The minimum Gasteiger partial charge on any atom is -0.384 e. The van der Waals surface area contributed by atoms with Gasteiger partial charge in [0.15, 0.2) is 0 Å². The summed E-state index contributed by atoms with van der Waals surface area (Å²) in [5, 5.41) is 3.26. The summed E-state index contributed by atoms with van der Waals surface area (Å²) in [6.07, 6.45) is 7.36. The molecule has 0 bridgehead atoms. The first kappa shape index (κ1) is 18.4. The first-order valence-electron chi connectivity index (χ1n) is 9.45. The predicted octanol–water partition coefficient (Wildman–Crippen LogP) is 2.71. The lowest BCUT2D eigenvalue weighted by Crippen LogP contribution is -2.28. The predicted molar refractivity (Wildman–Crippen MR) is 98.8 cm³/mol. The van der Waals surface area contributed by atoms with Crippen molar-refractivity contribution in [1.82, 2.24) is 15.2 Å². The maximum absolute atomic E-state index is 13.2. The van der Waals surface area contributed by atoms with Crippen LogP contribution in [-0.4, -0.2) is 49.4 Å². The zero-order chi connectivity index (χ0) is 17.6. The highest BCUT2D eigenvalue weighted by molar-refractivity contribution is 5.68. The molecule has 0 radical (unpaired) electrons. The van der Waals surface area contributed by atoms with E-state index < -0.39 is 6.17 Å². The van der Waals surface area contributed by atoms with Crippen LogP contribution in [0.5, 0.6) is 0 Å². The number of fused-ring (bicyclic) bond motifs is 1. The molecule has 4 N–H and O–H groups in total. The molecule has 3 rings (SSSR count). The van der Waals surface area contributed by atoms with Crippen LogP contribution >= 0.6 is 0 Å². The number of methoxy groups -OCH3 is 1. The van der Waals surface area contributed by atoms with Crippen molar-refractivity contribution < 1.29 is 9.13 Å². The molecule has 1 fully saturated rings. The largest absolute Gasteiger partial charge is 0.384 e. The molecule has 0 aromatic carbocycles. The molecule has 2 unspecified atom stereocenters. The van der Waals surface area contributed by atoms with Gasteiger partial charge in [-0.1, -0.05) is 6.42 Å². The summed E-state index contributed by atoms with van der Waals surface area (Å²) in [6.45, 7) is 3.28. The number of unbranched alkanes of at least 4 members (excludes halogenated alkanes) is 2. The molecule has 3 heterocycles. The summed E-state index contributed by atoms with van der Waals surface area (Å²) in [7, 11) is 1.72. The number of nitrogens with one attached hydrogen (secondary N) is 2. The Bertz CT molecular complexity index is 586. The fraction of sp³-hybridized carbons (Fsp3) is 0.684. The normalized spacial score (nSPS) is 23.4. The van der Waals surface area contributed by atoms with Crippen LogP contribution in [0, 0.1) is 0 Å². The average molecular weight is 350 g/mol. The van der Waals surface area contributed by atoms with Gasteiger partial charge in [-0.15, -0.1) is 0 Å². The Hall–Kier alpha value is -1.37. The number of halogens is 1. The first-order chi connectivity index (χ1) is 12.2. The maximum Gasteiger partial charge on any atom is 0.114 e. The quantitative estimate of drug-likeness (QED) is 0.599. The minimum absolute atomic E-state index is 0.143. The molecule has 0 aliphatic carbocycles. The molecule has 6 heteroatoms. The molecule has 2 aliphatic heterocycles. The number of rotatable bonds is 9. The minimum atomic E-state index is -0.610. The van der Waals surface area contributed by atoms with Crippen molar-refractivity contribution in [2.75, 3.05) is 33.4 Å². The molecular formula is C19H31FN4O. The molecule has 2 atom stereocenters. The maximum atomic E-state index is 13.2. The fourth-order valence-corrected chi connectivity index (χ4v) is 3.75. The van der Waals surface area contributed by atoms with E-state index >= 15 is 0 Å². The number of nitrogens with two attached hydrogens (primary N) is 1. The van der Waals surface area contributed by atoms with Crippen molar-refractivity contribution >= 4 is 5.57 Å². The van der Waals surface area contributed by atoms with Gasteiger partial charge in [-0.25, -0.2) is 4.39 Å². The van der Waals surface area contributed by atoms with E-state index in [-0.39, 0.29) is 6.17 Å². The van der Waals surface area contributed by atoms with Crippen LogP contribution in [0.15, 0.2) is 12.3 Å². The van der Waals surface area contributed by atoms with Crippen LogP contribution in [0.4, 0.5) is 4.39 Å². The van der Waals surface area contributed by atoms with Crippen molar-refractivity contribution in [2.24, 2.45) is 5.73 Å². The van der Waals surface area contributed by atoms with Gasteiger partial charge in [-0.05, 0) is 43.9 Å². The number of hydrogen-bond acceptors (Lipinski definition) is 4. The van der Waals surface area contributed by atoms with Gasteiger partial charge in [0.2, 0.25) is 0 Å². The lowest BCUT2D eigenvalue weighted by Gasteiger charge is -2.21. The Morgan fingerprint density at radius 1 is 1.32 bits per heavy atom. The van der Waals surface area contributed by atoms with Crippen molar-refractivity contribution in [3.05, 3.63) is 29.2 Å². The number of ether oxygens (including phenoxy) is 1. The highest BCUT2D eigenvalue weighted by atomic mass is 19.1. The molecule has 1 aromatic rings. The van der Waals surface area contributed by atoms with E-state index in [4.69, 9.17) is 10.5 Å².